The molecule has 0 bridgehead atoms. The molecule has 6 heteroatoms. The molecule has 0 aromatic heterocycles. The van der Waals surface area contributed by atoms with Crippen molar-refractivity contribution in [1.29, 1.82) is 0 Å². The Morgan fingerprint density at radius 2 is 2.11 bits per heavy atom. The van der Waals surface area contributed by atoms with E-state index in [1.807, 2.05) is 0 Å². The van der Waals surface area contributed by atoms with Crippen molar-refractivity contribution in [3.63, 3.8) is 0 Å². The van der Waals surface area contributed by atoms with Crippen LogP contribution in [0.2, 0.25) is 0 Å². The highest BCUT2D eigenvalue weighted by Crippen LogP contribution is 2.07. The molecule has 19 heavy (non-hydrogen) atoms. The van der Waals surface area contributed by atoms with Crippen LogP contribution in [0.15, 0.2) is 24.3 Å². The van der Waals surface area contributed by atoms with Gasteiger partial charge >= 0.3 is 5.97 Å². The Labute approximate surface area is 110 Å². The van der Waals surface area contributed by atoms with Crippen LogP contribution in [0.4, 0.5) is 4.39 Å². The van der Waals surface area contributed by atoms with Gasteiger partial charge in [0, 0.05) is 13.7 Å². The minimum Gasteiger partial charge on any atom is -0.480 e. The third-order valence-corrected chi connectivity index (χ3v) is 2.56. The molecule has 1 aromatic rings. The fraction of sp³-hybridized carbons (Fsp3) is 0.385. The summed E-state index contributed by atoms with van der Waals surface area (Å²) in [4.78, 5) is 22.8. The Kier molecular flexibility index (Phi) is 5.95. The van der Waals surface area contributed by atoms with Crippen LogP contribution in [0.1, 0.15) is 23.2 Å². The van der Waals surface area contributed by atoms with Gasteiger partial charge in [0.1, 0.15) is 11.9 Å². The second-order valence-electron chi connectivity index (χ2n) is 3.98. The Balaban J connectivity index is 2.66. The summed E-state index contributed by atoms with van der Waals surface area (Å²) in [6, 6.07) is 4.37. The standard InChI is InChI=1S/C13H16FNO4/c1-19-8-4-7-11(13(17)18)15-12(16)9-5-2-3-6-10(9)14/h2-3,5-6,11H,4,7-8H2,1H3,(H,15,16)(H,17,18). The quantitative estimate of drug-likeness (QED) is 0.734. The van der Waals surface area contributed by atoms with Crippen molar-refractivity contribution in [2.24, 2.45) is 0 Å². The molecular weight excluding hydrogens is 253 g/mol. The summed E-state index contributed by atoms with van der Waals surface area (Å²) in [6.45, 7) is 0.402. The number of aliphatic carboxylic acids is 1. The highest BCUT2D eigenvalue weighted by atomic mass is 19.1. The molecule has 0 aliphatic rings. The number of halogens is 1. The zero-order chi connectivity index (χ0) is 14.3. The molecule has 0 aliphatic heterocycles. The van der Waals surface area contributed by atoms with Gasteiger partial charge in [0.25, 0.3) is 5.91 Å². The van der Waals surface area contributed by atoms with Crippen molar-refractivity contribution in [3.05, 3.63) is 35.6 Å². The number of hydrogen-bond acceptors (Lipinski definition) is 3. The van der Waals surface area contributed by atoms with Crippen LogP contribution in [-0.4, -0.2) is 36.7 Å². The van der Waals surface area contributed by atoms with Gasteiger partial charge in [0.15, 0.2) is 0 Å². The Morgan fingerprint density at radius 3 is 2.68 bits per heavy atom. The molecule has 2 N–H and O–H groups in total. The topological polar surface area (TPSA) is 75.6 Å². The molecule has 0 fully saturated rings. The lowest BCUT2D eigenvalue weighted by atomic mass is 10.1. The van der Waals surface area contributed by atoms with Crippen LogP contribution in [0.5, 0.6) is 0 Å². The number of carboxylic acid groups (broad SMARTS) is 1. The molecule has 104 valence electrons. The van der Waals surface area contributed by atoms with E-state index in [0.29, 0.717) is 13.0 Å². The maximum absolute atomic E-state index is 13.4. The molecule has 0 spiro atoms. The minimum absolute atomic E-state index is 0.166. The Morgan fingerprint density at radius 1 is 1.42 bits per heavy atom. The molecule has 1 unspecified atom stereocenters. The number of carboxylic acids is 1. The number of carbonyl (C=O) groups excluding carboxylic acids is 1. The third kappa shape index (κ3) is 4.67. The van der Waals surface area contributed by atoms with Crippen LogP contribution in [0, 0.1) is 5.82 Å². The maximum Gasteiger partial charge on any atom is 0.326 e. The number of amides is 1. The van der Waals surface area contributed by atoms with E-state index in [1.165, 1.54) is 25.3 Å². The van der Waals surface area contributed by atoms with Gasteiger partial charge in [-0.1, -0.05) is 12.1 Å². The summed E-state index contributed by atoms with van der Waals surface area (Å²) in [6.07, 6.45) is 0.717. The zero-order valence-corrected chi connectivity index (χ0v) is 10.6. The van der Waals surface area contributed by atoms with E-state index in [9.17, 15) is 14.0 Å². The van der Waals surface area contributed by atoms with E-state index < -0.39 is 23.7 Å². The van der Waals surface area contributed by atoms with Gasteiger partial charge in [-0.05, 0) is 25.0 Å². The van der Waals surface area contributed by atoms with E-state index >= 15 is 0 Å². The first-order chi connectivity index (χ1) is 9.06. The summed E-state index contributed by atoms with van der Waals surface area (Å²) < 4.78 is 18.2. The average molecular weight is 269 g/mol. The minimum atomic E-state index is -1.15. The summed E-state index contributed by atoms with van der Waals surface area (Å²) in [5.74, 6) is -2.57. The summed E-state index contributed by atoms with van der Waals surface area (Å²) in [5.41, 5.74) is -0.166. The molecule has 0 radical (unpaired) electrons. The van der Waals surface area contributed by atoms with E-state index in [1.54, 1.807) is 0 Å². The predicted octanol–water partition coefficient (Wildman–Crippen LogP) is 1.44. The van der Waals surface area contributed by atoms with Gasteiger partial charge in [-0.15, -0.1) is 0 Å². The van der Waals surface area contributed by atoms with Crippen LogP contribution in [0.25, 0.3) is 0 Å². The molecule has 5 nitrogen and oxygen atoms in total. The van der Waals surface area contributed by atoms with Gasteiger partial charge in [-0.3, -0.25) is 4.79 Å². The second kappa shape index (κ2) is 7.48. The van der Waals surface area contributed by atoms with Crippen molar-refractivity contribution in [2.75, 3.05) is 13.7 Å². The molecule has 0 heterocycles. The Bertz CT molecular complexity index is 450. The fourth-order valence-electron chi connectivity index (χ4n) is 1.57. The van der Waals surface area contributed by atoms with Gasteiger partial charge in [-0.2, -0.15) is 0 Å². The first-order valence-corrected chi connectivity index (χ1v) is 5.83. The molecule has 1 rings (SSSR count). The fourth-order valence-corrected chi connectivity index (χ4v) is 1.57. The lowest BCUT2D eigenvalue weighted by Crippen LogP contribution is -2.41. The molecule has 0 aliphatic carbocycles. The highest BCUT2D eigenvalue weighted by Gasteiger charge is 2.21. The smallest absolute Gasteiger partial charge is 0.326 e. The van der Waals surface area contributed by atoms with Crippen LogP contribution in [-0.2, 0) is 9.53 Å². The van der Waals surface area contributed by atoms with Crippen LogP contribution < -0.4 is 5.32 Å². The predicted molar refractivity (Wildman–Crippen MR) is 66.4 cm³/mol. The van der Waals surface area contributed by atoms with E-state index in [4.69, 9.17) is 9.84 Å². The number of nitrogens with one attached hydrogen (secondary N) is 1. The zero-order valence-electron chi connectivity index (χ0n) is 10.6. The summed E-state index contributed by atoms with van der Waals surface area (Å²) in [7, 11) is 1.51. The molecule has 0 saturated heterocycles. The lowest BCUT2D eigenvalue weighted by Gasteiger charge is -2.14. The van der Waals surface area contributed by atoms with E-state index in [-0.39, 0.29) is 12.0 Å². The number of benzene rings is 1. The van der Waals surface area contributed by atoms with Crippen molar-refractivity contribution >= 4 is 11.9 Å². The number of ether oxygens (including phenoxy) is 1. The lowest BCUT2D eigenvalue weighted by molar-refractivity contribution is -0.139. The first kappa shape index (κ1) is 15.1. The third-order valence-electron chi connectivity index (χ3n) is 2.56. The molecule has 1 aromatic carbocycles. The second-order valence-corrected chi connectivity index (χ2v) is 3.98. The number of methoxy groups -OCH3 is 1. The van der Waals surface area contributed by atoms with E-state index in [0.717, 1.165) is 6.07 Å². The number of hydrogen-bond donors (Lipinski definition) is 2. The largest absolute Gasteiger partial charge is 0.480 e. The summed E-state index contributed by atoms with van der Waals surface area (Å²) >= 11 is 0. The Hall–Kier alpha value is -1.95. The molecular formula is C13H16FNO4. The maximum atomic E-state index is 13.4. The van der Waals surface area contributed by atoms with Crippen molar-refractivity contribution in [1.82, 2.24) is 5.32 Å². The first-order valence-electron chi connectivity index (χ1n) is 5.83. The van der Waals surface area contributed by atoms with Gasteiger partial charge in [-0.25, -0.2) is 9.18 Å². The van der Waals surface area contributed by atoms with Crippen molar-refractivity contribution in [3.8, 4) is 0 Å². The number of carbonyl (C=O) groups is 2. The highest BCUT2D eigenvalue weighted by molar-refractivity contribution is 5.96. The normalized spacial score (nSPS) is 11.9. The van der Waals surface area contributed by atoms with Crippen molar-refractivity contribution < 1.29 is 23.8 Å². The number of rotatable bonds is 7. The van der Waals surface area contributed by atoms with Crippen LogP contribution in [0.3, 0.4) is 0 Å². The molecule has 0 saturated carbocycles. The van der Waals surface area contributed by atoms with Crippen LogP contribution >= 0.6 is 0 Å². The molecule has 1 atom stereocenters. The SMILES string of the molecule is COCCCC(NC(=O)c1ccccc1F)C(=O)O. The average Bonchev–Trinajstić information content (AvgIpc) is 2.38. The van der Waals surface area contributed by atoms with E-state index in [2.05, 4.69) is 5.32 Å². The van der Waals surface area contributed by atoms with Gasteiger partial charge < -0.3 is 15.2 Å². The molecule has 1 amide bonds. The van der Waals surface area contributed by atoms with Gasteiger partial charge in [0.2, 0.25) is 0 Å². The summed E-state index contributed by atoms with van der Waals surface area (Å²) in [5, 5.41) is 11.3. The van der Waals surface area contributed by atoms with Gasteiger partial charge in [0.05, 0.1) is 5.56 Å². The van der Waals surface area contributed by atoms with Crippen molar-refractivity contribution in [2.45, 2.75) is 18.9 Å². The monoisotopic (exact) mass is 269 g/mol.